The molecule has 2 aromatic heterocycles. The Kier molecular flexibility index (Phi) is 3.69. The van der Waals surface area contributed by atoms with E-state index in [1.165, 1.54) is 31.5 Å². The molecule has 0 amide bonds. The highest BCUT2D eigenvalue weighted by Gasteiger charge is 2.32. The van der Waals surface area contributed by atoms with E-state index in [4.69, 9.17) is 0 Å². The van der Waals surface area contributed by atoms with Crippen LogP contribution in [-0.2, 0) is 10.9 Å². The topological polar surface area (TPSA) is 52.1 Å². The number of pyridine rings is 2. The first-order chi connectivity index (χ1) is 9.43. The number of carbonyl (C=O) groups is 1. The van der Waals surface area contributed by atoms with E-state index >= 15 is 0 Å². The number of esters is 1. The predicted octanol–water partition coefficient (Wildman–Crippen LogP) is 2.95. The number of nitrogens with zero attached hydrogens (tertiary/aromatic N) is 2. The Balaban J connectivity index is 2.45. The van der Waals surface area contributed by atoms with Crippen molar-refractivity contribution >= 4 is 5.97 Å². The van der Waals surface area contributed by atoms with Crippen LogP contribution in [0, 0.1) is 0 Å². The molecule has 0 saturated heterocycles. The van der Waals surface area contributed by atoms with Gasteiger partial charge >= 0.3 is 12.1 Å². The fraction of sp³-hybridized carbons (Fsp3) is 0.154. The molecule has 0 unspecified atom stereocenters. The van der Waals surface area contributed by atoms with Gasteiger partial charge in [-0.05, 0) is 24.3 Å². The van der Waals surface area contributed by atoms with Crippen molar-refractivity contribution in [2.75, 3.05) is 7.11 Å². The standard InChI is InChI=1S/C13H9F3N2O2/c1-20-12(19)9-3-2-6-17-11(9)8-4-5-10(18-7-8)13(14,15)16/h2-7H,1H3. The molecule has 4 nitrogen and oxygen atoms in total. The number of aromatic nitrogens is 2. The Morgan fingerprint density at radius 2 is 1.95 bits per heavy atom. The largest absolute Gasteiger partial charge is 0.465 e. The zero-order chi connectivity index (χ0) is 14.8. The molecule has 0 bridgehead atoms. The molecular formula is C13H9F3N2O2. The summed E-state index contributed by atoms with van der Waals surface area (Å²) in [6.45, 7) is 0. The smallest absolute Gasteiger partial charge is 0.433 e. The summed E-state index contributed by atoms with van der Waals surface area (Å²) in [5.74, 6) is -0.618. The predicted molar refractivity (Wildman–Crippen MR) is 63.8 cm³/mol. The van der Waals surface area contributed by atoms with Gasteiger partial charge in [-0.25, -0.2) is 4.79 Å². The molecule has 2 aromatic rings. The van der Waals surface area contributed by atoms with Crippen molar-refractivity contribution in [1.82, 2.24) is 9.97 Å². The van der Waals surface area contributed by atoms with Gasteiger partial charge < -0.3 is 4.74 Å². The molecule has 2 heterocycles. The molecule has 0 aromatic carbocycles. The van der Waals surface area contributed by atoms with E-state index in [0.717, 1.165) is 12.3 Å². The average Bonchev–Trinajstić information content (AvgIpc) is 2.45. The van der Waals surface area contributed by atoms with Gasteiger partial charge in [-0.15, -0.1) is 0 Å². The fourth-order valence-corrected chi connectivity index (χ4v) is 1.61. The zero-order valence-corrected chi connectivity index (χ0v) is 10.3. The summed E-state index contributed by atoms with van der Waals surface area (Å²) >= 11 is 0. The Morgan fingerprint density at radius 3 is 2.50 bits per heavy atom. The van der Waals surface area contributed by atoms with Crippen LogP contribution in [-0.4, -0.2) is 23.0 Å². The zero-order valence-electron chi connectivity index (χ0n) is 10.3. The lowest BCUT2D eigenvalue weighted by Crippen LogP contribution is -2.08. The summed E-state index contributed by atoms with van der Waals surface area (Å²) in [4.78, 5) is 18.9. The highest BCUT2D eigenvalue weighted by atomic mass is 19.4. The molecule has 0 fully saturated rings. The molecule has 0 atom stereocenters. The van der Waals surface area contributed by atoms with Gasteiger partial charge in [-0.1, -0.05) is 0 Å². The van der Waals surface area contributed by atoms with Crippen LogP contribution < -0.4 is 0 Å². The highest BCUT2D eigenvalue weighted by Crippen LogP contribution is 2.29. The lowest BCUT2D eigenvalue weighted by atomic mass is 10.1. The third-order valence-corrected chi connectivity index (χ3v) is 2.54. The van der Waals surface area contributed by atoms with E-state index in [0.29, 0.717) is 5.56 Å². The molecule has 2 rings (SSSR count). The van der Waals surface area contributed by atoms with E-state index in [-0.39, 0.29) is 11.3 Å². The lowest BCUT2D eigenvalue weighted by molar-refractivity contribution is -0.141. The molecule has 104 valence electrons. The third kappa shape index (κ3) is 2.76. The van der Waals surface area contributed by atoms with Crippen LogP contribution in [0.5, 0.6) is 0 Å². The summed E-state index contributed by atoms with van der Waals surface area (Å²) in [5.41, 5.74) is -0.312. The molecule has 0 radical (unpaired) electrons. The first-order valence-corrected chi connectivity index (χ1v) is 5.50. The highest BCUT2D eigenvalue weighted by molar-refractivity contribution is 5.95. The van der Waals surface area contributed by atoms with Crippen molar-refractivity contribution in [1.29, 1.82) is 0 Å². The molecule has 0 aliphatic rings. The van der Waals surface area contributed by atoms with Crippen LogP contribution in [0.1, 0.15) is 16.1 Å². The van der Waals surface area contributed by atoms with Crippen molar-refractivity contribution in [2.24, 2.45) is 0 Å². The molecule has 0 aliphatic heterocycles. The van der Waals surface area contributed by atoms with Gasteiger partial charge in [-0.3, -0.25) is 9.97 Å². The molecule has 0 N–H and O–H groups in total. The van der Waals surface area contributed by atoms with Gasteiger partial charge in [-0.2, -0.15) is 13.2 Å². The van der Waals surface area contributed by atoms with Gasteiger partial charge in [0.1, 0.15) is 5.69 Å². The quantitative estimate of drug-likeness (QED) is 0.795. The number of hydrogen-bond acceptors (Lipinski definition) is 4. The van der Waals surface area contributed by atoms with Crippen LogP contribution in [0.25, 0.3) is 11.3 Å². The van der Waals surface area contributed by atoms with Crippen LogP contribution in [0.4, 0.5) is 13.2 Å². The van der Waals surface area contributed by atoms with Gasteiger partial charge in [0, 0.05) is 18.0 Å². The minimum atomic E-state index is -4.51. The van der Waals surface area contributed by atoms with Gasteiger partial charge in [0.25, 0.3) is 0 Å². The van der Waals surface area contributed by atoms with E-state index in [1.54, 1.807) is 0 Å². The molecule has 7 heteroatoms. The van der Waals surface area contributed by atoms with Crippen molar-refractivity contribution in [2.45, 2.75) is 6.18 Å². The van der Waals surface area contributed by atoms with Crippen LogP contribution in [0.3, 0.4) is 0 Å². The third-order valence-electron chi connectivity index (χ3n) is 2.54. The first kappa shape index (κ1) is 14.0. The summed E-state index contributed by atoms with van der Waals surface area (Å²) < 4.78 is 41.9. The van der Waals surface area contributed by atoms with Crippen molar-refractivity contribution in [3.05, 3.63) is 47.9 Å². The molecule has 0 aliphatic carbocycles. The average molecular weight is 282 g/mol. The van der Waals surface area contributed by atoms with Gasteiger partial charge in [0.05, 0.1) is 18.4 Å². The minimum Gasteiger partial charge on any atom is -0.465 e. The number of alkyl halides is 3. The summed E-state index contributed by atoms with van der Waals surface area (Å²) in [7, 11) is 1.21. The molecule has 20 heavy (non-hydrogen) atoms. The van der Waals surface area contributed by atoms with Gasteiger partial charge in [0.2, 0.25) is 0 Å². The maximum atomic E-state index is 12.4. The summed E-state index contributed by atoms with van der Waals surface area (Å²) in [6.07, 6.45) is -2.05. The van der Waals surface area contributed by atoms with Crippen molar-refractivity contribution < 1.29 is 22.7 Å². The molecular weight excluding hydrogens is 273 g/mol. The monoisotopic (exact) mass is 282 g/mol. The SMILES string of the molecule is COC(=O)c1cccnc1-c1ccc(C(F)(F)F)nc1. The number of ether oxygens (including phenoxy) is 1. The Labute approximate surface area is 112 Å². The molecule has 0 spiro atoms. The lowest BCUT2D eigenvalue weighted by Gasteiger charge is -2.08. The van der Waals surface area contributed by atoms with Gasteiger partial charge in [0.15, 0.2) is 0 Å². The maximum absolute atomic E-state index is 12.4. The van der Waals surface area contributed by atoms with Crippen molar-refractivity contribution in [3.8, 4) is 11.3 Å². The number of rotatable bonds is 2. The second-order valence-corrected chi connectivity index (χ2v) is 3.82. The van der Waals surface area contributed by atoms with E-state index in [2.05, 4.69) is 14.7 Å². The maximum Gasteiger partial charge on any atom is 0.433 e. The van der Waals surface area contributed by atoms with E-state index in [9.17, 15) is 18.0 Å². The summed E-state index contributed by atoms with van der Waals surface area (Å²) in [5, 5.41) is 0. The van der Waals surface area contributed by atoms with Crippen LogP contribution >= 0.6 is 0 Å². The second-order valence-electron chi connectivity index (χ2n) is 3.82. The summed E-state index contributed by atoms with van der Waals surface area (Å²) in [6, 6.07) is 5.06. The van der Waals surface area contributed by atoms with E-state index < -0.39 is 17.8 Å². The number of hydrogen-bond donors (Lipinski definition) is 0. The Bertz CT molecular complexity index is 624. The Hall–Kier alpha value is -2.44. The van der Waals surface area contributed by atoms with E-state index in [1.807, 2.05) is 0 Å². The fourth-order valence-electron chi connectivity index (χ4n) is 1.61. The minimum absolute atomic E-state index is 0.163. The Morgan fingerprint density at radius 1 is 1.20 bits per heavy atom. The molecule has 0 saturated carbocycles. The van der Waals surface area contributed by atoms with Crippen molar-refractivity contribution in [3.63, 3.8) is 0 Å². The number of methoxy groups -OCH3 is 1. The number of carbonyl (C=O) groups excluding carboxylic acids is 1. The second kappa shape index (κ2) is 5.28. The first-order valence-electron chi connectivity index (χ1n) is 5.50. The number of halogens is 3. The van der Waals surface area contributed by atoms with Crippen LogP contribution in [0.2, 0.25) is 0 Å². The van der Waals surface area contributed by atoms with Crippen LogP contribution in [0.15, 0.2) is 36.7 Å². The normalized spacial score (nSPS) is 11.2.